The van der Waals surface area contributed by atoms with E-state index in [-0.39, 0.29) is 0 Å². The van der Waals surface area contributed by atoms with Gasteiger partial charge in [-0.1, -0.05) is 44.2 Å². The predicted molar refractivity (Wildman–Crippen MR) is 88.8 cm³/mol. The Bertz CT molecular complexity index is 585. The van der Waals surface area contributed by atoms with E-state index in [1.54, 1.807) is 0 Å². The van der Waals surface area contributed by atoms with E-state index in [9.17, 15) is 0 Å². The van der Waals surface area contributed by atoms with E-state index in [0.29, 0.717) is 0 Å². The predicted octanol–water partition coefficient (Wildman–Crippen LogP) is 4.20. The Hall–Kier alpha value is -1.54. The average molecular weight is 283 g/mol. The number of rotatable bonds is 4. The lowest BCUT2D eigenvalue weighted by atomic mass is 9.92. The number of piperidine rings is 1. The highest BCUT2D eigenvalue weighted by Crippen LogP contribution is 2.22. The molecule has 0 spiro atoms. The zero-order valence-corrected chi connectivity index (χ0v) is 13.1. The van der Waals surface area contributed by atoms with Crippen molar-refractivity contribution in [2.75, 3.05) is 26.2 Å². The highest BCUT2D eigenvalue weighted by atomic mass is 16.5. The quantitative estimate of drug-likeness (QED) is 0.834. The first-order valence-electron chi connectivity index (χ1n) is 8.04. The van der Waals surface area contributed by atoms with Crippen LogP contribution in [0.2, 0.25) is 0 Å². The molecule has 0 radical (unpaired) electrons. The molecule has 2 aromatic carbocycles. The van der Waals surface area contributed by atoms with E-state index in [1.165, 1.54) is 30.3 Å². The van der Waals surface area contributed by atoms with E-state index < -0.39 is 0 Å². The van der Waals surface area contributed by atoms with E-state index in [0.717, 1.165) is 30.7 Å². The minimum atomic E-state index is 0.776. The summed E-state index contributed by atoms with van der Waals surface area (Å²) in [5.41, 5.74) is 0. The monoisotopic (exact) mass is 283 g/mol. The van der Waals surface area contributed by atoms with Gasteiger partial charge in [-0.2, -0.15) is 0 Å². The van der Waals surface area contributed by atoms with Crippen LogP contribution in [0.1, 0.15) is 20.3 Å². The Morgan fingerprint density at radius 2 is 1.71 bits per heavy atom. The van der Waals surface area contributed by atoms with Crippen LogP contribution in [0.15, 0.2) is 42.5 Å². The molecule has 1 saturated heterocycles. The van der Waals surface area contributed by atoms with Gasteiger partial charge in [0.2, 0.25) is 0 Å². The smallest absolute Gasteiger partial charge is 0.120 e. The topological polar surface area (TPSA) is 12.5 Å². The van der Waals surface area contributed by atoms with Crippen LogP contribution in [0.5, 0.6) is 5.75 Å². The van der Waals surface area contributed by atoms with Crippen LogP contribution >= 0.6 is 0 Å². The molecule has 2 heteroatoms. The van der Waals surface area contributed by atoms with Crippen LogP contribution in [-0.4, -0.2) is 31.1 Å². The van der Waals surface area contributed by atoms with Crippen molar-refractivity contribution >= 4 is 10.8 Å². The van der Waals surface area contributed by atoms with Crippen LogP contribution in [-0.2, 0) is 0 Å². The first-order valence-corrected chi connectivity index (χ1v) is 8.04. The van der Waals surface area contributed by atoms with E-state index in [1.807, 2.05) is 0 Å². The molecule has 2 aromatic rings. The van der Waals surface area contributed by atoms with Crippen molar-refractivity contribution in [3.05, 3.63) is 42.5 Å². The molecular formula is C19H25NO. The molecule has 21 heavy (non-hydrogen) atoms. The third-order valence-corrected chi connectivity index (χ3v) is 4.34. The van der Waals surface area contributed by atoms with Gasteiger partial charge in [0.1, 0.15) is 12.4 Å². The Kier molecular flexibility index (Phi) is 4.45. The number of hydrogen-bond acceptors (Lipinski definition) is 2. The Balaban J connectivity index is 1.54. The molecule has 1 fully saturated rings. The normalized spacial score (nSPS) is 23.3. The molecule has 0 aliphatic carbocycles. The standard InChI is InChI=1S/C19H25NO/c1-15-11-16(2)14-20(13-15)9-10-21-19-8-7-17-5-3-4-6-18(17)12-19/h3-8,12,15-16H,9-11,13-14H2,1-2H3/t15-,16-/m0/s1. The molecule has 1 aliphatic rings. The summed E-state index contributed by atoms with van der Waals surface area (Å²) in [4.78, 5) is 2.54. The lowest BCUT2D eigenvalue weighted by molar-refractivity contribution is 0.121. The summed E-state index contributed by atoms with van der Waals surface area (Å²) in [5, 5.41) is 2.51. The first kappa shape index (κ1) is 14.4. The fourth-order valence-corrected chi connectivity index (χ4v) is 3.52. The molecule has 0 aromatic heterocycles. The molecular weight excluding hydrogens is 258 g/mol. The molecule has 0 unspecified atom stereocenters. The zero-order chi connectivity index (χ0) is 14.7. The second-order valence-electron chi connectivity index (χ2n) is 6.56. The third kappa shape index (κ3) is 3.76. The van der Waals surface area contributed by atoms with Crippen molar-refractivity contribution in [3.8, 4) is 5.75 Å². The summed E-state index contributed by atoms with van der Waals surface area (Å²) in [7, 11) is 0. The second-order valence-corrected chi connectivity index (χ2v) is 6.56. The minimum Gasteiger partial charge on any atom is -0.492 e. The molecule has 0 amide bonds. The third-order valence-electron chi connectivity index (χ3n) is 4.34. The summed E-state index contributed by atoms with van der Waals surface area (Å²) in [6, 6.07) is 14.8. The van der Waals surface area contributed by atoms with E-state index >= 15 is 0 Å². The van der Waals surface area contributed by atoms with E-state index in [2.05, 4.69) is 61.2 Å². The van der Waals surface area contributed by atoms with Gasteiger partial charge in [-0.05, 0) is 41.2 Å². The number of likely N-dealkylation sites (tertiary alicyclic amines) is 1. The SMILES string of the molecule is C[C@H]1C[C@H](C)CN(CCOc2ccc3ccccc3c2)C1. The van der Waals surface area contributed by atoms with Crippen molar-refractivity contribution in [1.82, 2.24) is 4.90 Å². The van der Waals surface area contributed by atoms with Crippen molar-refractivity contribution in [2.45, 2.75) is 20.3 Å². The summed E-state index contributed by atoms with van der Waals surface area (Å²) in [6.07, 6.45) is 1.36. The van der Waals surface area contributed by atoms with Crippen molar-refractivity contribution in [2.24, 2.45) is 11.8 Å². The number of benzene rings is 2. The fraction of sp³-hybridized carbons (Fsp3) is 0.474. The summed E-state index contributed by atoms with van der Waals surface area (Å²) < 4.78 is 5.95. The Labute approximate surface area is 127 Å². The Morgan fingerprint density at radius 3 is 2.48 bits per heavy atom. The van der Waals surface area contributed by atoms with Gasteiger partial charge in [-0.25, -0.2) is 0 Å². The van der Waals surface area contributed by atoms with Gasteiger partial charge in [-0.3, -0.25) is 4.90 Å². The maximum atomic E-state index is 5.95. The molecule has 0 bridgehead atoms. The number of nitrogens with zero attached hydrogens (tertiary/aromatic N) is 1. The van der Waals surface area contributed by atoms with Gasteiger partial charge >= 0.3 is 0 Å². The molecule has 1 aliphatic heterocycles. The van der Waals surface area contributed by atoms with Crippen LogP contribution < -0.4 is 4.74 Å². The average Bonchev–Trinajstić information content (AvgIpc) is 2.46. The summed E-state index contributed by atoms with van der Waals surface area (Å²) in [5.74, 6) is 2.61. The number of hydrogen-bond donors (Lipinski definition) is 0. The summed E-state index contributed by atoms with van der Waals surface area (Å²) >= 11 is 0. The van der Waals surface area contributed by atoms with Gasteiger partial charge in [0.05, 0.1) is 0 Å². The fourth-order valence-electron chi connectivity index (χ4n) is 3.52. The second kappa shape index (κ2) is 6.48. The maximum absolute atomic E-state index is 5.95. The molecule has 2 atom stereocenters. The molecule has 0 saturated carbocycles. The maximum Gasteiger partial charge on any atom is 0.120 e. The lowest BCUT2D eigenvalue weighted by Gasteiger charge is -2.34. The van der Waals surface area contributed by atoms with Crippen LogP contribution in [0.25, 0.3) is 10.8 Å². The Morgan fingerprint density at radius 1 is 1.00 bits per heavy atom. The minimum absolute atomic E-state index is 0.776. The largest absolute Gasteiger partial charge is 0.492 e. The zero-order valence-electron chi connectivity index (χ0n) is 13.1. The van der Waals surface area contributed by atoms with Gasteiger partial charge < -0.3 is 4.74 Å². The first-order chi connectivity index (χ1) is 10.2. The van der Waals surface area contributed by atoms with Crippen LogP contribution in [0, 0.1) is 11.8 Å². The molecule has 3 rings (SSSR count). The highest BCUT2D eigenvalue weighted by Gasteiger charge is 2.21. The van der Waals surface area contributed by atoms with Crippen LogP contribution in [0.3, 0.4) is 0 Å². The number of fused-ring (bicyclic) bond motifs is 1. The number of ether oxygens (including phenoxy) is 1. The van der Waals surface area contributed by atoms with Crippen LogP contribution in [0.4, 0.5) is 0 Å². The van der Waals surface area contributed by atoms with E-state index in [4.69, 9.17) is 4.74 Å². The highest BCUT2D eigenvalue weighted by molar-refractivity contribution is 5.83. The lowest BCUT2D eigenvalue weighted by Crippen LogP contribution is -2.40. The van der Waals surface area contributed by atoms with Crippen molar-refractivity contribution < 1.29 is 4.74 Å². The molecule has 0 N–H and O–H groups in total. The van der Waals surface area contributed by atoms with Gasteiger partial charge in [-0.15, -0.1) is 0 Å². The molecule has 1 heterocycles. The molecule has 112 valence electrons. The van der Waals surface area contributed by atoms with Crippen molar-refractivity contribution in [3.63, 3.8) is 0 Å². The molecule has 2 nitrogen and oxygen atoms in total. The van der Waals surface area contributed by atoms with Crippen molar-refractivity contribution in [1.29, 1.82) is 0 Å². The summed E-state index contributed by atoms with van der Waals surface area (Å²) in [6.45, 7) is 8.94. The van der Waals surface area contributed by atoms with Gasteiger partial charge in [0.25, 0.3) is 0 Å². The van der Waals surface area contributed by atoms with Gasteiger partial charge in [0, 0.05) is 19.6 Å². The van der Waals surface area contributed by atoms with Gasteiger partial charge in [0.15, 0.2) is 0 Å².